The molecule has 1 aliphatic rings. The van der Waals surface area contributed by atoms with Crippen LogP contribution in [0.3, 0.4) is 0 Å². The highest BCUT2D eigenvalue weighted by molar-refractivity contribution is 5.75. The Balaban J connectivity index is 2.59. The summed E-state index contributed by atoms with van der Waals surface area (Å²) in [6, 6.07) is 6.60. The normalized spacial score (nSPS) is 23.0. The number of carboxylic acid groups (broad SMARTS) is 1. The minimum absolute atomic E-state index is 0.301. The van der Waals surface area contributed by atoms with E-state index in [2.05, 4.69) is 9.98 Å². The molecule has 104 valence electrons. The maximum atomic E-state index is 10.9. The van der Waals surface area contributed by atoms with Crippen molar-refractivity contribution in [3.8, 4) is 0 Å². The van der Waals surface area contributed by atoms with Gasteiger partial charge in [0.2, 0.25) is 12.2 Å². The fraction of sp³-hybridized carbons (Fsp3) is 0.133. The third-order valence-corrected chi connectivity index (χ3v) is 3.13. The number of hydrogen-bond donors (Lipinski definition) is 1. The molecule has 1 aromatic rings. The van der Waals surface area contributed by atoms with E-state index in [4.69, 9.17) is 5.11 Å². The van der Waals surface area contributed by atoms with Crippen LogP contribution in [-0.4, -0.2) is 23.2 Å². The van der Waals surface area contributed by atoms with Crippen molar-refractivity contribution < 1.29 is 19.5 Å². The number of nitrogens with zero attached hydrogens (tertiary/aromatic N) is 2. The monoisotopic (exact) mass is 282 g/mol. The molecule has 1 aliphatic carbocycles. The SMILES string of the molecule is O=C=Nc1ccccc1C1(N=C=O)C=CC(C(=O)O)C=C1. The van der Waals surface area contributed by atoms with Gasteiger partial charge in [-0.1, -0.05) is 42.5 Å². The molecule has 21 heavy (non-hydrogen) atoms. The van der Waals surface area contributed by atoms with Crippen LogP contribution in [0.1, 0.15) is 5.56 Å². The molecule has 0 aliphatic heterocycles. The van der Waals surface area contributed by atoms with E-state index in [1.165, 1.54) is 36.5 Å². The standard InChI is InChI=1S/C15H10N2O4/c18-9-16-13-4-2-1-3-12(13)15(17-10-19)7-5-11(6-8-15)14(20)21/h1-8,11H,(H,20,21). The summed E-state index contributed by atoms with van der Waals surface area (Å²) in [5, 5.41) is 8.97. The highest BCUT2D eigenvalue weighted by Crippen LogP contribution is 2.38. The minimum atomic E-state index is -1.22. The molecule has 6 heteroatoms. The van der Waals surface area contributed by atoms with E-state index >= 15 is 0 Å². The Morgan fingerprint density at radius 3 is 2.38 bits per heavy atom. The van der Waals surface area contributed by atoms with Crippen LogP contribution in [0.4, 0.5) is 5.69 Å². The minimum Gasteiger partial charge on any atom is -0.481 e. The zero-order valence-corrected chi connectivity index (χ0v) is 10.8. The summed E-state index contributed by atoms with van der Waals surface area (Å²) in [5.74, 6) is -1.80. The first-order valence-electron chi connectivity index (χ1n) is 6.01. The second kappa shape index (κ2) is 5.92. The number of para-hydroxylation sites is 1. The van der Waals surface area contributed by atoms with Crippen molar-refractivity contribution >= 4 is 23.8 Å². The van der Waals surface area contributed by atoms with E-state index in [0.29, 0.717) is 11.3 Å². The fourth-order valence-corrected chi connectivity index (χ4v) is 2.13. The Bertz CT molecular complexity index is 709. The number of hydrogen-bond acceptors (Lipinski definition) is 5. The first-order chi connectivity index (χ1) is 10.1. The average molecular weight is 282 g/mol. The van der Waals surface area contributed by atoms with Gasteiger partial charge in [-0.05, 0) is 6.07 Å². The summed E-state index contributed by atoms with van der Waals surface area (Å²) in [6.45, 7) is 0. The Morgan fingerprint density at radius 2 is 1.81 bits per heavy atom. The molecule has 1 N–H and O–H groups in total. The molecule has 0 aromatic heterocycles. The maximum absolute atomic E-state index is 10.9. The summed E-state index contributed by atoms with van der Waals surface area (Å²) in [7, 11) is 0. The van der Waals surface area contributed by atoms with Gasteiger partial charge in [-0.2, -0.15) is 9.98 Å². The summed E-state index contributed by atoms with van der Waals surface area (Å²) in [4.78, 5) is 39.5. The summed E-state index contributed by atoms with van der Waals surface area (Å²) in [5.41, 5.74) is -0.451. The summed E-state index contributed by atoms with van der Waals surface area (Å²) in [6.07, 6.45) is 8.72. The predicted octanol–water partition coefficient (Wildman–Crippen LogP) is 2.01. The van der Waals surface area contributed by atoms with Crippen molar-refractivity contribution in [2.45, 2.75) is 5.54 Å². The number of benzene rings is 1. The van der Waals surface area contributed by atoms with Crippen LogP contribution in [0.25, 0.3) is 0 Å². The molecule has 0 unspecified atom stereocenters. The van der Waals surface area contributed by atoms with Gasteiger partial charge in [0.05, 0.1) is 11.6 Å². The smallest absolute Gasteiger partial charge is 0.314 e. The van der Waals surface area contributed by atoms with Crippen molar-refractivity contribution in [1.29, 1.82) is 0 Å². The lowest BCUT2D eigenvalue weighted by molar-refractivity contribution is -0.138. The van der Waals surface area contributed by atoms with Gasteiger partial charge in [0.1, 0.15) is 5.54 Å². The molecule has 1 aromatic carbocycles. The fourth-order valence-electron chi connectivity index (χ4n) is 2.13. The van der Waals surface area contributed by atoms with Crippen LogP contribution in [-0.2, 0) is 19.9 Å². The van der Waals surface area contributed by atoms with Gasteiger partial charge in [0, 0.05) is 5.56 Å². The molecule has 0 fully saturated rings. The summed E-state index contributed by atoms with van der Waals surface area (Å²) >= 11 is 0. The molecular weight excluding hydrogens is 272 g/mol. The predicted molar refractivity (Wildman–Crippen MR) is 73.4 cm³/mol. The Morgan fingerprint density at radius 1 is 1.14 bits per heavy atom. The van der Waals surface area contributed by atoms with E-state index in [1.54, 1.807) is 24.3 Å². The molecule has 0 atom stereocenters. The maximum Gasteiger partial charge on any atom is 0.314 e. The van der Waals surface area contributed by atoms with Gasteiger partial charge in [-0.25, -0.2) is 9.59 Å². The number of isocyanates is 2. The molecule has 2 rings (SSSR count). The van der Waals surface area contributed by atoms with Crippen LogP contribution in [0.5, 0.6) is 0 Å². The topological polar surface area (TPSA) is 96.2 Å². The van der Waals surface area contributed by atoms with Crippen LogP contribution >= 0.6 is 0 Å². The lowest BCUT2D eigenvalue weighted by atomic mass is 9.83. The van der Waals surface area contributed by atoms with E-state index in [-0.39, 0.29) is 0 Å². The highest BCUT2D eigenvalue weighted by atomic mass is 16.4. The highest BCUT2D eigenvalue weighted by Gasteiger charge is 2.32. The van der Waals surface area contributed by atoms with Gasteiger partial charge in [-0.3, -0.25) is 4.79 Å². The largest absolute Gasteiger partial charge is 0.481 e. The number of carbonyl (C=O) groups is 1. The number of carboxylic acids is 1. The molecule has 0 amide bonds. The molecule has 0 spiro atoms. The Kier molecular flexibility index (Phi) is 4.05. The van der Waals surface area contributed by atoms with E-state index in [1.807, 2.05) is 0 Å². The van der Waals surface area contributed by atoms with Crippen LogP contribution < -0.4 is 0 Å². The number of aliphatic imine (C=N–C) groups is 2. The third kappa shape index (κ3) is 2.77. The molecule has 0 bridgehead atoms. The van der Waals surface area contributed by atoms with E-state index in [0.717, 1.165) is 0 Å². The molecule has 0 radical (unpaired) electrons. The molecule has 6 nitrogen and oxygen atoms in total. The quantitative estimate of drug-likeness (QED) is 0.519. The Labute approximate surface area is 119 Å². The number of rotatable bonds is 4. The van der Waals surface area contributed by atoms with Crippen molar-refractivity contribution in [1.82, 2.24) is 0 Å². The lowest BCUT2D eigenvalue weighted by Gasteiger charge is -2.26. The Hall–Kier alpha value is -3.07. The van der Waals surface area contributed by atoms with Crippen molar-refractivity contribution in [2.24, 2.45) is 15.9 Å². The third-order valence-electron chi connectivity index (χ3n) is 3.13. The zero-order chi connectivity index (χ0) is 15.3. The van der Waals surface area contributed by atoms with Gasteiger partial charge in [0.25, 0.3) is 0 Å². The molecule has 0 saturated carbocycles. The van der Waals surface area contributed by atoms with Crippen molar-refractivity contribution in [3.63, 3.8) is 0 Å². The number of aliphatic carboxylic acids is 1. The first kappa shape index (κ1) is 14.3. The van der Waals surface area contributed by atoms with E-state index < -0.39 is 17.4 Å². The van der Waals surface area contributed by atoms with Crippen LogP contribution in [0, 0.1) is 5.92 Å². The van der Waals surface area contributed by atoms with Crippen LogP contribution in [0.15, 0.2) is 58.6 Å². The summed E-state index contributed by atoms with van der Waals surface area (Å²) < 4.78 is 0. The van der Waals surface area contributed by atoms with Gasteiger partial charge in [-0.15, -0.1) is 0 Å². The number of carbonyl (C=O) groups excluding carboxylic acids is 2. The van der Waals surface area contributed by atoms with Gasteiger partial charge >= 0.3 is 5.97 Å². The molecule has 0 heterocycles. The molecule has 0 saturated heterocycles. The average Bonchev–Trinajstić information content (AvgIpc) is 2.49. The van der Waals surface area contributed by atoms with Gasteiger partial charge in [0.15, 0.2) is 0 Å². The zero-order valence-electron chi connectivity index (χ0n) is 10.8. The lowest BCUT2D eigenvalue weighted by Crippen LogP contribution is -2.23. The first-order valence-corrected chi connectivity index (χ1v) is 6.01. The van der Waals surface area contributed by atoms with Crippen molar-refractivity contribution in [3.05, 3.63) is 54.1 Å². The van der Waals surface area contributed by atoms with Crippen molar-refractivity contribution in [2.75, 3.05) is 0 Å². The second-order valence-electron chi connectivity index (χ2n) is 4.33. The molecular formula is C15H10N2O4. The second-order valence-corrected chi connectivity index (χ2v) is 4.33. The van der Waals surface area contributed by atoms with Crippen LogP contribution in [0.2, 0.25) is 0 Å². The van der Waals surface area contributed by atoms with Gasteiger partial charge < -0.3 is 5.11 Å². The van der Waals surface area contributed by atoms with E-state index in [9.17, 15) is 14.4 Å².